The minimum atomic E-state index is -0.402. The largest absolute Gasteiger partial charge is 0.326 e. The van der Waals surface area contributed by atoms with Gasteiger partial charge in [-0.2, -0.15) is 10.2 Å². The Morgan fingerprint density at radius 2 is 0.952 bits per heavy atom. The molecular weight excluding hydrogens is 579 g/mol. The summed E-state index contributed by atoms with van der Waals surface area (Å²) in [4.78, 5) is 48.3. The van der Waals surface area contributed by atoms with Crippen molar-refractivity contribution in [1.82, 2.24) is 10.9 Å². The van der Waals surface area contributed by atoms with Crippen molar-refractivity contribution in [3.05, 3.63) is 93.0 Å². The van der Waals surface area contributed by atoms with Crippen LogP contribution in [0.15, 0.2) is 70.9 Å². The number of hydrogen-bond acceptors (Lipinski definition) is 6. The molecule has 0 radical (unpaired) electrons. The molecule has 0 bridgehead atoms. The minimum Gasteiger partial charge on any atom is -0.326 e. The summed E-state index contributed by atoms with van der Waals surface area (Å²) in [5, 5.41) is 14.4. The van der Waals surface area contributed by atoms with Gasteiger partial charge in [-0.25, -0.2) is 10.9 Å². The first-order valence-corrected chi connectivity index (χ1v) is 13.7. The molecule has 0 saturated carbocycles. The number of hydrogen-bond donors (Lipinski definition) is 4. The summed E-state index contributed by atoms with van der Waals surface area (Å²) in [5.74, 6) is -1.41. The summed E-state index contributed by atoms with van der Waals surface area (Å²) in [5.41, 5.74) is 8.93. The van der Waals surface area contributed by atoms with E-state index in [0.717, 1.165) is 11.1 Å². The van der Waals surface area contributed by atoms with Crippen LogP contribution in [0.5, 0.6) is 0 Å². The lowest BCUT2D eigenvalue weighted by Crippen LogP contribution is -2.21. The Labute approximate surface area is 253 Å². The number of nitrogens with zero attached hydrogens (tertiary/aromatic N) is 2. The third-order valence-corrected chi connectivity index (χ3v) is 6.80. The standard InChI is InChI=1S/C30H30Cl2N6O4/c1-19-23(31)5-3-7-25(19)35-27(39)13-15-29(41)37-33-17-21-9-11-22(12-10-21)18-34-38-30(42)16-14-28(40)36-26-8-4-6-24(32)20(26)2/h3-12,17-18H,13-16H2,1-2H3,(H,35,39)(H,36,40)(H,37,41)(H,38,42)/b33-17-,34-18+. The van der Waals surface area contributed by atoms with Gasteiger partial charge in [0.25, 0.3) is 0 Å². The second-order valence-corrected chi connectivity index (χ2v) is 9.99. The Bertz CT molecular complexity index is 1390. The van der Waals surface area contributed by atoms with Crippen LogP contribution >= 0.6 is 23.2 Å². The van der Waals surface area contributed by atoms with Gasteiger partial charge in [-0.05, 0) is 60.4 Å². The van der Waals surface area contributed by atoms with Crippen molar-refractivity contribution in [2.24, 2.45) is 10.2 Å². The highest BCUT2D eigenvalue weighted by atomic mass is 35.5. The Balaban J connectivity index is 1.34. The Morgan fingerprint density at radius 1 is 0.595 bits per heavy atom. The molecule has 0 aromatic heterocycles. The fourth-order valence-electron chi connectivity index (χ4n) is 3.50. The molecule has 4 N–H and O–H groups in total. The molecule has 10 nitrogen and oxygen atoms in total. The minimum absolute atomic E-state index is 0.00617. The topological polar surface area (TPSA) is 141 Å². The van der Waals surface area contributed by atoms with Gasteiger partial charge in [0.15, 0.2) is 0 Å². The molecule has 0 aliphatic rings. The van der Waals surface area contributed by atoms with Crippen LogP contribution in [0.4, 0.5) is 11.4 Å². The van der Waals surface area contributed by atoms with E-state index in [1.807, 2.05) is 0 Å². The predicted molar refractivity (Wildman–Crippen MR) is 166 cm³/mol. The summed E-state index contributed by atoms with van der Waals surface area (Å²) in [6, 6.07) is 17.4. The smallest absolute Gasteiger partial charge is 0.240 e. The SMILES string of the molecule is Cc1c(Cl)cccc1NC(=O)CCC(=O)N/N=C\c1ccc(/C=N/NC(=O)CCC(=O)Nc2cccc(Cl)c2C)cc1. The number of anilines is 2. The second-order valence-electron chi connectivity index (χ2n) is 9.17. The van der Waals surface area contributed by atoms with Crippen LogP contribution in [0, 0.1) is 13.8 Å². The Hall–Kier alpha value is -4.54. The third-order valence-electron chi connectivity index (χ3n) is 5.98. The number of carbonyl (C=O) groups is 4. The molecule has 0 saturated heterocycles. The fraction of sp³-hybridized carbons (Fsp3) is 0.200. The van der Waals surface area contributed by atoms with Crippen molar-refractivity contribution >= 4 is 70.6 Å². The van der Waals surface area contributed by atoms with Crippen molar-refractivity contribution in [3.8, 4) is 0 Å². The van der Waals surface area contributed by atoms with E-state index in [1.165, 1.54) is 12.4 Å². The van der Waals surface area contributed by atoms with E-state index in [4.69, 9.17) is 23.2 Å². The molecule has 42 heavy (non-hydrogen) atoms. The first-order chi connectivity index (χ1) is 20.1. The lowest BCUT2D eigenvalue weighted by atomic mass is 10.2. The van der Waals surface area contributed by atoms with E-state index in [9.17, 15) is 19.2 Å². The van der Waals surface area contributed by atoms with Crippen molar-refractivity contribution < 1.29 is 19.2 Å². The molecule has 0 unspecified atom stereocenters. The molecule has 0 aliphatic carbocycles. The van der Waals surface area contributed by atoms with Gasteiger partial charge in [-0.3, -0.25) is 19.2 Å². The zero-order chi connectivity index (χ0) is 30.5. The van der Waals surface area contributed by atoms with Crippen LogP contribution < -0.4 is 21.5 Å². The number of rotatable bonds is 12. The van der Waals surface area contributed by atoms with Gasteiger partial charge in [0.1, 0.15) is 0 Å². The zero-order valence-electron chi connectivity index (χ0n) is 23.0. The molecule has 0 fully saturated rings. The van der Waals surface area contributed by atoms with E-state index >= 15 is 0 Å². The second kappa shape index (κ2) is 16.0. The average molecular weight is 610 g/mol. The molecule has 3 aromatic carbocycles. The summed E-state index contributed by atoms with van der Waals surface area (Å²) in [7, 11) is 0. The molecule has 0 spiro atoms. The number of halogens is 2. The van der Waals surface area contributed by atoms with E-state index in [2.05, 4.69) is 31.7 Å². The molecular formula is C30H30Cl2N6O4. The van der Waals surface area contributed by atoms with Gasteiger partial charge in [-0.1, -0.05) is 59.6 Å². The van der Waals surface area contributed by atoms with Crippen LogP contribution in [0.2, 0.25) is 10.0 Å². The maximum Gasteiger partial charge on any atom is 0.240 e. The number of carbonyl (C=O) groups excluding carboxylic acids is 4. The predicted octanol–water partition coefficient (Wildman–Crippen LogP) is 5.35. The van der Waals surface area contributed by atoms with Gasteiger partial charge >= 0.3 is 0 Å². The van der Waals surface area contributed by atoms with Crippen molar-refractivity contribution in [2.75, 3.05) is 10.6 Å². The maximum absolute atomic E-state index is 12.1. The normalized spacial score (nSPS) is 11.0. The Kier molecular flexibility index (Phi) is 12.2. The van der Waals surface area contributed by atoms with Crippen LogP contribution in [0.1, 0.15) is 47.9 Å². The number of nitrogens with one attached hydrogen (secondary N) is 4. The molecule has 3 rings (SSSR count). The van der Waals surface area contributed by atoms with Crippen molar-refractivity contribution in [2.45, 2.75) is 39.5 Å². The van der Waals surface area contributed by atoms with Crippen LogP contribution in [0.25, 0.3) is 0 Å². The van der Waals surface area contributed by atoms with Gasteiger partial charge in [0, 0.05) is 47.1 Å². The monoisotopic (exact) mass is 608 g/mol. The van der Waals surface area contributed by atoms with Crippen molar-refractivity contribution in [3.63, 3.8) is 0 Å². The highest BCUT2D eigenvalue weighted by molar-refractivity contribution is 6.32. The van der Waals surface area contributed by atoms with E-state index in [-0.39, 0.29) is 37.5 Å². The average Bonchev–Trinajstić information content (AvgIpc) is 2.96. The van der Waals surface area contributed by atoms with E-state index < -0.39 is 11.8 Å². The van der Waals surface area contributed by atoms with E-state index in [1.54, 1.807) is 74.5 Å². The fourth-order valence-corrected chi connectivity index (χ4v) is 3.85. The highest BCUT2D eigenvalue weighted by Crippen LogP contribution is 2.24. The Morgan fingerprint density at radius 3 is 1.33 bits per heavy atom. The van der Waals surface area contributed by atoms with Crippen LogP contribution in [-0.2, 0) is 19.2 Å². The molecule has 218 valence electrons. The number of benzene rings is 3. The van der Waals surface area contributed by atoms with Gasteiger partial charge < -0.3 is 10.6 Å². The van der Waals surface area contributed by atoms with Gasteiger partial charge in [-0.15, -0.1) is 0 Å². The third kappa shape index (κ3) is 10.5. The van der Waals surface area contributed by atoms with Crippen molar-refractivity contribution in [1.29, 1.82) is 0 Å². The highest BCUT2D eigenvalue weighted by Gasteiger charge is 2.10. The quantitative estimate of drug-likeness (QED) is 0.162. The summed E-state index contributed by atoms with van der Waals surface area (Å²) >= 11 is 12.1. The zero-order valence-corrected chi connectivity index (χ0v) is 24.6. The first kappa shape index (κ1) is 32.0. The molecule has 0 heterocycles. The van der Waals surface area contributed by atoms with Crippen LogP contribution in [0.3, 0.4) is 0 Å². The summed E-state index contributed by atoms with van der Waals surface area (Å²) in [6.07, 6.45) is 2.85. The van der Waals surface area contributed by atoms with Gasteiger partial charge in [0.05, 0.1) is 12.4 Å². The van der Waals surface area contributed by atoms with Crippen LogP contribution in [-0.4, -0.2) is 36.1 Å². The molecule has 0 atom stereocenters. The summed E-state index contributed by atoms with van der Waals surface area (Å²) in [6.45, 7) is 3.60. The molecule has 0 aliphatic heterocycles. The summed E-state index contributed by atoms with van der Waals surface area (Å²) < 4.78 is 0. The maximum atomic E-state index is 12.1. The van der Waals surface area contributed by atoms with Gasteiger partial charge in [0.2, 0.25) is 23.6 Å². The molecule has 12 heteroatoms. The lowest BCUT2D eigenvalue weighted by molar-refractivity contribution is -0.124. The molecule has 3 aromatic rings. The number of amides is 4. The number of hydrazone groups is 2. The molecule has 4 amide bonds. The van der Waals surface area contributed by atoms with E-state index in [0.29, 0.717) is 32.5 Å². The first-order valence-electron chi connectivity index (χ1n) is 13.0. The lowest BCUT2D eigenvalue weighted by Gasteiger charge is -2.09.